The van der Waals surface area contributed by atoms with Crippen LogP contribution in [-0.4, -0.2) is 35.1 Å². The third-order valence-corrected chi connectivity index (χ3v) is 4.66. The molecule has 0 spiro atoms. The van der Waals surface area contributed by atoms with Crippen molar-refractivity contribution >= 4 is 22.3 Å². The number of nitrogens with zero attached hydrogens (tertiary/aromatic N) is 2. The number of hydrogen-bond acceptors (Lipinski definition) is 4. The Kier molecular flexibility index (Phi) is 4.21. The second kappa shape index (κ2) is 6.13. The normalized spacial score (nSPS) is 17.3. The molecule has 0 radical (unpaired) electrons. The van der Waals surface area contributed by atoms with Crippen LogP contribution in [-0.2, 0) is 0 Å². The monoisotopic (exact) mass is 298 g/mol. The molecule has 0 unspecified atom stereocenters. The molecule has 4 heteroatoms. The highest BCUT2D eigenvalue weighted by atomic mass is 15.2. The van der Waals surface area contributed by atoms with Gasteiger partial charge in [0.2, 0.25) is 0 Å². The molecule has 118 valence electrons. The standard InChI is InChI=1S/C18H26N4/c1-12(2)22-8-6-14(7-9-22)21-18-15-10-13(3)4-5-17(15)20-11-16(18)19/h4-5,10-12,14H,6-9,19H2,1-3H3,(H,20,21). The van der Waals surface area contributed by atoms with Gasteiger partial charge in [-0.2, -0.15) is 0 Å². The molecule has 0 aliphatic carbocycles. The van der Waals surface area contributed by atoms with E-state index in [-0.39, 0.29) is 0 Å². The number of piperidine rings is 1. The van der Waals surface area contributed by atoms with Crippen molar-refractivity contribution in [1.82, 2.24) is 9.88 Å². The molecule has 1 saturated heterocycles. The molecule has 0 saturated carbocycles. The number of benzene rings is 1. The van der Waals surface area contributed by atoms with Crippen molar-refractivity contribution in [3.8, 4) is 0 Å². The summed E-state index contributed by atoms with van der Waals surface area (Å²) in [5, 5.41) is 4.82. The fourth-order valence-electron chi connectivity index (χ4n) is 3.25. The van der Waals surface area contributed by atoms with Crippen molar-refractivity contribution in [3.05, 3.63) is 30.0 Å². The van der Waals surface area contributed by atoms with E-state index < -0.39 is 0 Å². The quantitative estimate of drug-likeness (QED) is 0.912. The Hall–Kier alpha value is -1.81. The summed E-state index contributed by atoms with van der Waals surface area (Å²) in [6.07, 6.45) is 4.09. The number of fused-ring (bicyclic) bond motifs is 1. The number of nitrogens with two attached hydrogens (primary N) is 1. The van der Waals surface area contributed by atoms with Crippen molar-refractivity contribution < 1.29 is 0 Å². The van der Waals surface area contributed by atoms with Gasteiger partial charge in [-0.25, -0.2) is 0 Å². The van der Waals surface area contributed by atoms with E-state index in [1.807, 2.05) is 0 Å². The zero-order chi connectivity index (χ0) is 15.7. The maximum Gasteiger partial charge on any atom is 0.0743 e. The Labute approximate surface area is 132 Å². The smallest absolute Gasteiger partial charge is 0.0743 e. The summed E-state index contributed by atoms with van der Waals surface area (Å²) in [6, 6.07) is 7.45. The van der Waals surface area contributed by atoms with Crippen molar-refractivity contribution in [2.24, 2.45) is 0 Å². The van der Waals surface area contributed by atoms with Gasteiger partial charge >= 0.3 is 0 Å². The first-order valence-corrected chi connectivity index (χ1v) is 8.20. The van der Waals surface area contributed by atoms with Crippen LogP contribution >= 0.6 is 0 Å². The molecule has 1 aliphatic heterocycles. The van der Waals surface area contributed by atoms with Gasteiger partial charge in [-0.3, -0.25) is 4.98 Å². The lowest BCUT2D eigenvalue weighted by Gasteiger charge is -2.35. The Bertz CT molecular complexity index is 652. The Morgan fingerprint density at radius 1 is 1.27 bits per heavy atom. The van der Waals surface area contributed by atoms with Crippen LogP contribution in [0.5, 0.6) is 0 Å². The van der Waals surface area contributed by atoms with E-state index in [0.29, 0.717) is 12.1 Å². The van der Waals surface area contributed by atoms with Crippen LogP contribution < -0.4 is 11.1 Å². The third kappa shape index (κ3) is 3.02. The summed E-state index contributed by atoms with van der Waals surface area (Å²) in [4.78, 5) is 6.98. The molecule has 4 nitrogen and oxygen atoms in total. The molecule has 2 heterocycles. The number of anilines is 2. The first-order valence-electron chi connectivity index (χ1n) is 8.20. The molecule has 1 fully saturated rings. The minimum Gasteiger partial charge on any atom is -0.396 e. The second-order valence-electron chi connectivity index (χ2n) is 6.66. The molecular weight excluding hydrogens is 272 g/mol. The number of likely N-dealkylation sites (tertiary alicyclic amines) is 1. The van der Waals surface area contributed by atoms with Crippen molar-refractivity contribution in [1.29, 1.82) is 0 Å². The summed E-state index contributed by atoms with van der Waals surface area (Å²) in [5.74, 6) is 0. The highest BCUT2D eigenvalue weighted by molar-refractivity contribution is 5.97. The minimum absolute atomic E-state index is 0.489. The van der Waals surface area contributed by atoms with Crippen LogP contribution in [0.4, 0.5) is 11.4 Å². The van der Waals surface area contributed by atoms with Crippen molar-refractivity contribution in [2.45, 2.75) is 45.7 Å². The third-order valence-electron chi connectivity index (χ3n) is 4.66. The van der Waals surface area contributed by atoms with Gasteiger partial charge in [0.1, 0.15) is 0 Å². The van der Waals surface area contributed by atoms with E-state index in [1.165, 1.54) is 5.56 Å². The largest absolute Gasteiger partial charge is 0.396 e. The van der Waals surface area contributed by atoms with E-state index >= 15 is 0 Å². The first-order chi connectivity index (χ1) is 10.5. The number of pyridine rings is 1. The zero-order valence-electron chi connectivity index (χ0n) is 13.8. The van der Waals surface area contributed by atoms with Gasteiger partial charge in [0.15, 0.2) is 0 Å². The summed E-state index contributed by atoms with van der Waals surface area (Å²) < 4.78 is 0. The van der Waals surface area contributed by atoms with E-state index in [0.717, 1.165) is 48.2 Å². The summed E-state index contributed by atoms with van der Waals surface area (Å²) in [5.41, 5.74) is 10.2. The summed E-state index contributed by atoms with van der Waals surface area (Å²) >= 11 is 0. The predicted molar refractivity (Wildman–Crippen MR) is 94.2 cm³/mol. The zero-order valence-corrected chi connectivity index (χ0v) is 13.8. The fraction of sp³-hybridized carbons (Fsp3) is 0.500. The lowest BCUT2D eigenvalue weighted by molar-refractivity contribution is 0.177. The van der Waals surface area contributed by atoms with E-state index in [2.05, 4.69) is 54.2 Å². The van der Waals surface area contributed by atoms with E-state index in [9.17, 15) is 0 Å². The lowest BCUT2D eigenvalue weighted by Crippen LogP contribution is -2.42. The molecule has 1 aliphatic rings. The molecule has 2 aromatic rings. The minimum atomic E-state index is 0.489. The summed E-state index contributed by atoms with van der Waals surface area (Å²) in [6.45, 7) is 8.94. The topological polar surface area (TPSA) is 54.2 Å². The van der Waals surface area contributed by atoms with Crippen LogP contribution in [0, 0.1) is 6.92 Å². The molecule has 0 atom stereocenters. The Morgan fingerprint density at radius 3 is 2.68 bits per heavy atom. The Morgan fingerprint density at radius 2 is 2.00 bits per heavy atom. The van der Waals surface area contributed by atoms with Gasteiger partial charge in [0.25, 0.3) is 0 Å². The van der Waals surface area contributed by atoms with Crippen LogP contribution in [0.2, 0.25) is 0 Å². The second-order valence-corrected chi connectivity index (χ2v) is 6.66. The molecular formula is C18H26N4. The van der Waals surface area contributed by atoms with Gasteiger partial charge in [-0.05, 0) is 45.7 Å². The lowest BCUT2D eigenvalue weighted by atomic mass is 10.0. The van der Waals surface area contributed by atoms with Crippen molar-refractivity contribution in [3.63, 3.8) is 0 Å². The molecule has 3 N–H and O–H groups in total. The SMILES string of the molecule is Cc1ccc2ncc(N)c(NC3CCN(C(C)C)CC3)c2c1. The highest BCUT2D eigenvalue weighted by Crippen LogP contribution is 2.30. The number of rotatable bonds is 3. The van der Waals surface area contributed by atoms with Crippen LogP contribution in [0.15, 0.2) is 24.4 Å². The van der Waals surface area contributed by atoms with E-state index in [4.69, 9.17) is 5.73 Å². The van der Waals surface area contributed by atoms with Gasteiger partial charge < -0.3 is 16.0 Å². The van der Waals surface area contributed by atoms with Crippen LogP contribution in [0.1, 0.15) is 32.3 Å². The molecule has 1 aromatic carbocycles. The number of hydrogen-bond donors (Lipinski definition) is 2. The molecule has 1 aromatic heterocycles. The summed E-state index contributed by atoms with van der Waals surface area (Å²) in [7, 11) is 0. The predicted octanol–water partition coefficient (Wildman–Crippen LogP) is 3.41. The number of nitrogen functional groups attached to an aromatic ring is 1. The van der Waals surface area contributed by atoms with Gasteiger partial charge in [0.05, 0.1) is 23.1 Å². The molecule has 22 heavy (non-hydrogen) atoms. The first kappa shape index (κ1) is 15.1. The maximum atomic E-state index is 6.19. The number of aromatic nitrogens is 1. The van der Waals surface area contributed by atoms with Gasteiger partial charge in [0, 0.05) is 30.6 Å². The fourth-order valence-corrected chi connectivity index (χ4v) is 3.25. The average Bonchev–Trinajstić information content (AvgIpc) is 2.51. The number of aryl methyl sites for hydroxylation is 1. The maximum absolute atomic E-state index is 6.19. The molecule has 0 amide bonds. The van der Waals surface area contributed by atoms with Crippen molar-refractivity contribution in [2.75, 3.05) is 24.1 Å². The molecule has 0 bridgehead atoms. The molecule has 3 rings (SSSR count). The van der Waals surface area contributed by atoms with Gasteiger partial charge in [-0.15, -0.1) is 0 Å². The van der Waals surface area contributed by atoms with E-state index in [1.54, 1.807) is 6.20 Å². The number of nitrogens with one attached hydrogen (secondary N) is 1. The van der Waals surface area contributed by atoms with Crippen LogP contribution in [0.25, 0.3) is 10.9 Å². The van der Waals surface area contributed by atoms with Crippen LogP contribution in [0.3, 0.4) is 0 Å². The highest BCUT2D eigenvalue weighted by Gasteiger charge is 2.21. The average molecular weight is 298 g/mol. The Balaban J connectivity index is 1.82. The van der Waals surface area contributed by atoms with Gasteiger partial charge in [-0.1, -0.05) is 11.6 Å².